The fourth-order valence-electron chi connectivity index (χ4n) is 7.25. The van der Waals surface area contributed by atoms with Crippen LogP contribution in [0.1, 0.15) is 49.7 Å². The highest BCUT2D eigenvalue weighted by Crippen LogP contribution is 2.65. The van der Waals surface area contributed by atoms with Crippen LogP contribution in [0.15, 0.2) is 42.5 Å². The van der Waals surface area contributed by atoms with Gasteiger partial charge in [-0.2, -0.15) is 0 Å². The van der Waals surface area contributed by atoms with Crippen LogP contribution in [0.4, 0.5) is 10.5 Å². The van der Waals surface area contributed by atoms with Crippen molar-refractivity contribution in [1.29, 1.82) is 0 Å². The molecule has 0 aromatic heterocycles. The van der Waals surface area contributed by atoms with Crippen LogP contribution < -0.4 is 20.1 Å². The van der Waals surface area contributed by atoms with E-state index in [9.17, 15) is 4.79 Å². The number of aryl methyl sites for hydroxylation is 1. The fourth-order valence-corrected chi connectivity index (χ4v) is 7.25. The lowest BCUT2D eigenvalue weighted by atomic mass is 9.43. The molecule has 170 valence electrons. The molecule has 2 aromatic carbocycles. The third kappa shape index (κ3) is 3.82. The molecule has 4 aliphatic carbocycles. The molecule has 32 heavy (non-hydrogen) atoms. The molecule has 5 nitrogen and oxygen atoms in total. The molecule has 2 amide bonds. The summed E-state index contributed by atoms with van der Waals surface area (Å²) in [6, 6.07) is 14.4. The van der Waals surface area contributed by atoms with Crippen molar-refractivity contribution in [1.82, 2.24) is 5.32 Å². The van der Waals surface area contributed by atoms with Gasteiger partial charge in [0.2, 0.25) is 0 Å². The molecule has 0 radical (unpaired) electrons. The van der Waals surface area contributed by atoms with Crippen molar-refractivity contribution in [3.63, 3.8) is 0 Å². The van der Waals surface area contributed by atoms with Gasteiger partial charge >= 0.3 is 6.03 Å². The molecule has 2 unspecified atom stereocenters. The van der Waals surface area contributed by atoms with E-state index in [-0.39, 0.29) is 16.9 Å². The Morgan fingerprint density at radius 2 is 1.72 bits per heavy atom. The van der Waals surface area contributed by atoms with Crippen LogP contribution in [-0.2, 0) is 5.41 Å². The van der Waals surface area contributed by atoms with E-state index in [4.69, 9.17) is 9.47 Å². The summed E-state index contributed by atoms with van der Waals surface area (Å²) in [5.41, 5.74) is 3.93. The Morgan fingerprint density at radius 3 is 2.38 bits per heavy atom. The molecule has 4 aliphatic rings. The van der Waals surface area contributed by atoms with Gasteiger partial charge in [-0.25, -0.2) is 4.79 Å². The lowest BCUT2D eigenvalue weighted by molar-refractivity contribution is -0.0692. The van der Waals surface area contributed by atoms with Crippen LogP contribution in [0.3, 0.4) is 0 Å². The largest absolute Gasteiger partial charge is 0.497 e. The molecule has 5 heteroatoms. The van der Waals surface area contributed by atoms with Gasteiger partial charge in [0.05, 0.1) is 19.9 Å². The van der Waals surface area contributed by atoms with Crippen molar-refractivity contribution in [3.05, 3.63) is 53.6 Å². The topological polar surface area (TPSA) is 59.6 Å². The maximum atomic E-state index is 12.8. The number of hydrogen-bond donors (Lipinski definition) is 2. The number of carbonyl (C=O) groups excluding carboxylic acids is 1. The average Bonchev–Trinajstić information content (AvgIpc) is 2.77. The normalized spacial score (nSPS) is 30.1. The second kappa shape index (κ2) is 8.02. The lowest BCUT2D eigenvalue weighted by Gasteiger charge is -2.62. The summed E-state index contributed by atoms with van der Waals surface area (Å²) >= 11 is 0. The molecule has 0 spiro atoms. The molecule has 0 heterocycles. The van der Waals surface area contributed by atoms with Gasteiger partial charge in [0.25, 0.3) is 0 Å². The summed E-state index contributed by atoms with van der Waals surface area (Å²) < 4.78 is 10.7. The molecule has 6 rings (SSSR count). The number of amides is 2. The van der Waals surface area contributed by atoms with Gasteiger partial charge in [-0.1, -0.05) is 29.8 Å². The number of urea groups is 1. The van der Waals surface area contributed by atoms with Crippen molar-refractivity contribution in [2.45, 2.75) is 50.9 Å². The van der Waals surface area contributed by atoms with E-state index in [2.05, 4.69) is 41.8 Å². The Morgan fingerprint density at radius 1 is 1.00 bits per heavy atom. The van der Waals surface area contributed by atoms with E-state index >= 15 is 0 Å². The monoisotopic (exact) mass is 434 g/mol. The molecule has 2 atom stereocenters. The van der Waals surface area contributed by atoms with Crippen molar-refractivity contribution in [3.8, 4) is 11.5 Å². The first-order valence-corrected chi connectivity index (χ1v) is 11.8. The predicted octanol–water partition coefficient (Wildman–Crippen LogP) is 5.67. The lowest BCUT2D eigenvalue weighted by Crippen LogP contribution is -2.57. The number of ether oxygens (including phenoxy) is 2. The highest BCUT2D eigenvalue weighted by Gasteiger charge is 2.58. The van der Waals surface area contributed by atoms with Crippen molar-refractivity contribution >= 4 is 11.7 Å². The molecule has 4 saturated carbocycles. The molecule has 4 fully saturated rings. The predicted molar refractivity (Wildman–Crippen MR) is 127 cm³/mol. The molecule has 4 bridgehead atoms. The molecular formula is C27H34N2O3. The SMILES string of the molecule is COc1ccc(OC)c(NC(=O)NCC23CC4CC(C2)CC(c2ccc(C)cc2)(C4)C3)c1. The maximum absolute atomic E-state index is 12.8. The molecule has 0 aliphatic heterocycles. The number of benzene rings is 2. The van der Waals surface area contributed by atoms with Gasteiger partial charge in [0, 0.05) is 12.6 Å². The second-order valence-corrected chi connectivity index (χ2v) is 10.5. The number of rotatable bonds is 6. The summed E-state index contributed by atoms with van der Waals surface area (Å²) in [7, 11) is 3.22. The average molecular weight is 435 g/mol. The number of anilines is 1. The number of nitrogens with one attached hydrogen (secondary N) is 2. The van der Waals surface area contributed by atoms with Crippen LogP contribution in [0, 0.1) is 24.2 Å². The standard InChI is InChI=1S/C27H34N2O3/c1-18-4-6-21(7-5-18)27-14-19-10-20(15-27)13-26(12-19,16-27)17-28-25(30)29-23-11-22(31-2)8-9-24(23)32-3/h4-9,11,19-20H,10,12-17H2,1-3H3,(H2,28,29,30). The van der Waals surface area contributed by atoms with Crippen molar-refractivity contribution in [2.75, 3.05) is 26.1 Å². The summed E-state index contributed by atoms with van der Waals surface area (Å²) in [6.45, 7) is 2.89. The van der Waals surface area contributed by atoms with E-state index in [1.807, 2.05) is 6.07 Å². The highest BCUT2D eigenvalue weighted by molar-refractivity contribution is 5.91. The van der Waals surface area contributed by atoms with Crippen LogP contribution in [0.5, 0.6) is 11.5 Å². The minimum absolute atomic E-state index is 0.184. The van der Waals surface area contributed by atoms with Crippen LogP contribution in [0.25, 0.3) is 0 Å². The minimum Gasteiger partial charge on any atom is -0.497 e. The van der Waals surface area contributed by atoms with Gasteiger partial charge in [-0.15, -0.1) is 0 Å². The Hall–Kier alpha value is -2.69. The molecule has 2 N–H and O–H groups in total. The van der Waals surface area contributed by atoms with Crippen LogP contribution in [-0.4, -0.2) is 26.8 Å². The van der Waals surface area contributed by atoms with Gasteiger partial charge in [0.1, 0.15) is 11.5 Å². The zero-order valence-corrected chi connectivity index (χ0v) is 19.4. The Kier molecular flexibility index (Phi) is 5.31. The van der Waals surface area contributed by atoms with Gasteiger partial charge in [-0.05, 0) is 85.8 Å². The summed E-state index contributed by atoms with van der Waals surface area (Å²) in [5, 5.41) is 6.17. The smallest absolute Gasteiger partial charge is 0.319 e. The molecular weight excluding hydrogens is 400 g/mol. The fraction of sp³-hybridized carbons (Fsp3) is 0.519. The zero-order valence-electron chi connectivity index (χ0n) is 19.4. The summed E-state index contributed by atoms with van der Waals surface area (Å²) in [5.74, 6) is 2.86. The number of methoxy groups -OCH3 is 2. The van der Waals surface area contributed by atoms with Gasteiger partial charge in [0.15, 0.2) is 0 Å². The summed E-state index contributed by atoms with van der Waals surface area (Å²) in [6.07, 6.45) is 7.63. The Bertz CT molecular complexity index is 986. The molecule has 0 saturated heterocycles. The van der Waals surface area contributed by atoms with E-state index in [0.717, 1.165) is 18.4 Å². The van der Waals surface area contributed by atoms with E-state index in [0.29, 0.717) is 17.2 Å². The van der Waals surface area contributed by atoms with Crippen LogP contribution in [0.2, 0.25) is 0 Å². The van der Waals surface area contributed by atoms with Crippen molar-refractivity contribution < 1.29 is 14.3 Å². The highest BCUT2D eigenvalue weighted by atomic mass is 16.5. The van der Waals surface area contributed by atoms with E-state index in [1.165, 1.54) is 49.7 Å². The molecule has 2 aromatic rings. The first kappa shape index (κ1) is 21.2. The van der Waals surface area contributed by atoms with E-state index < -0.39 is 0 Å². The third-order valence-electron chi connectivity index (χ3n) is 8.12. The first-order chi connectivity index (χ1) is 15.4. The Labute approximate surface area is 190 Å². The number of hydrogen-bond acceptors (Lipinski definition) is 3. The second-order valence-electron chi connectivity index (χ2n) is 10.5. The van der Waals surface area contributed by atoms with Gasteiger partial charge < -0.3 is 20.1 Å². The zero-order chi connectivity index (χ0) is 22.3. The maximum Gasteiger partial charge on any atom is 0.319 e. The van der Waals surface area contributed by atoms with E-state index in [1.54, 1.807) is 26.4 Å². The third-order valence-corrected chi connectivity index (χ3v) is 8.12. The Balaban J connectivity index is 1.30. The quantitative estimate of drug-likeness (QED) is 0.616. The first-order valence-electron chi connectivity index (χ1n) is 11.8. The van der Waals surface area contributed by atoms with Gasteiger partial charge in [-0.3, -0.25) is 0 Å². The summed E-state index contributed by atoms with van der Waals surface area (Å²) in [4.78, 5) is 12.8. The van der Waals surface area contributed by atoms with Crippen LogP contribution >= 0.6 is 0 Å². The number of carbonyl (C=O) groups is 1. The van der Waals surface area contributed by atoms with Crippen molar-refractivity contribution in [2.24, 2.45) is 17.3 Å². The minimum atomic E-state index is -0.184.